The number of carbonyl (C=O) groups excluding carboxylic acids is 1. The molecule has 2 aliphatic rings. The van der Waals surface area contributed by atoms with Crippen molar-refractivity contribution in [3.05, 3.63) is 23.7 Å². The van der Waals surface area contributed by atoms with Crippen molar-refractivity contribution in [1.29, 1.82) is 0 Å². The molecule has 1 aromatic rings. The molecule has 20 heavy (non-hydrogen) atoms. The van der Waals surface area contributed by atoms with Gasteiger partial charge in [-0.05, 0) is 43.1 Å². The van der Waals surface area contributed by atoms with Crippen LogP contribution in [-0.2, 0) is 4.79 Å². The van der Waals surface area contributed by atoms with E-state index < -0.39 is 80.1 Å². The van der Waals surface area contributed by atoms with E-state index in [1.54, 1.807) is 0 Å². The largest absolute Gasteiger partial charge is 0.493 e. The second-order valence-corrected chi connectivity index (χ2v) is 4.29. The zero-order valence-corrected chi connectivity index (χ0v) is 10.3. The molecule has 0 bridgehead atoms. The molecule has 2 fully saturated rings. The number of nitrogens with one attached hydrogen (secondary N) is 1. The van der Waals surface area contributed by atoms with E-state index in [2.05, 4.69) is 5.32 Å². The van der Waals surface area contributed by atoms with Gasteiger partial charge < -0.3 is 14.8 Å². The third-order valence-corrected chi connectivity index (χ3v) is 2.96. The first-order valence-corrected chi connectivity index (χ1v) is 5.94. The summed E-state index contributed by atoms with van der Waals surface area (Å²) in [5.41, 5.74) is -0.235. The van der Waals surface area contributed by atoms with Crippen LogP contribution in [0.2, 0.25) is 0 Å². The Morgan fingerprint density at radius 2 is 2.25 bits per heavy atom. The number of methoxy groups -OCH3 is 1. The molecule has 1 atom stereocenters. The second-order valence-electron chi connectivity index (χ2n) is 4.29. The van der Waals surface area contributed by atoms with Crippen molar-refractivity contribution >= 4 is 5.91 Å². The third kappa shape index (κ3) is 2.74. The molecule has 0 radical (unpaired) electrons. The lowest BCUT2D eigenvalue weighted by Gasteiger charge is -2.18. The zero-order valence-electron chi connectivity index (χ0n) is 24.3. The summed E-state index contributed by atoms with van der Waals surface area (Å²) in [6.45, 7) is -0.0227. The van der Waals surface area contributed by atoms with Gasteiger partial charge in [0.2, 0.25) is 5.91 Å². The number of ether oxygens (including phenoxy) is 2. The molecule has 1 aliphatic carbocycles. The van der Waals surface area contributed by atoms with Crippen molar-refractivity contribution in [2.75, 3.05) is 13.6 Å². The molecule has 1 saturated carbocycles. The van der Waals surface area contributed by atoms with Crippen molar-refractivity contribution in [1.82, 2.24) is 5.32 Å². The first-order valence-electron chi connectivity index (χ1n) is 12.9. The standard InChI is InChI=1S/C16H21NO3/c1-19-14-7-6-11(12-9-16(18)17-10-12)8-15(14)20-13-4-2-3-5-13/h6-8,12-13H,2-5,9-10H2,1H3,(H,17,18)/i1D3,2D2,3D2,4D2,5D2,6D,7D,8D. The van der Waals surface area contributed by atoms with Crippen LogP contribution in [0.5, 0.6) is 11.5 Å². The molecule has 1 aliphatic heterocycles. The van der Waals surface area contributed by atoms with Gasteiger partial charge in [-0.15, -0.1) is 0 Å². The predicted octanol–water partition coefficient (Wildman–Crippen LogP) is 2.62. The lowest BCUT2D eigenvalue weighted by atomic mass is 9.98. The Morgan fingerprint density at radius 1 is 1.40 bits per heavy atom. The van der Waals surface area contributed by atoms with Crippen molar-refractivity contribution in [3.8, 4) is 11.5 Å². The molecule has 108 valence electrons. The number of rotatable bonds is 4. The van der Waals surface area contributed by atoms with E-state index in [4.69, 9.17) is 28.7 Å². The topological polar surface area (TPSA) is 47.6 Å². The minimum atomic E-state index is -3.41. The highest BCUT2D eigenvalue weighted by Gasteiger charge is 2.25. The van der Waals surface area contributed by atoms with Crippen molar-refractivity contribution < 1.29 is 33.5 Å². The summed E-state index contributed by atoms with van der Waals surface area (Å²) in [6, 6.07) is -2.32. The Morgan fingerprint density at radius 3 is 2.95 bits per heavy atom. The molecule has 3 rings (SSSR count). The zero-order chi connectivity index (χ0) is 26.2. The van der Waals surface area contributed by atoms with Gasteiger partial charge in [0.05, 0.1) is 21.4 Å². The summed E-state index contributed by atoms with van der Waals surface area (Å²) in [7, 11) is -3.23. The highest BCUT2D eigenvalue weighted by Crippen LogP contribution is 2.35. The summed E-state index contributed by atoms with van der Waals surface area (Å²) >= 11 is 0. The first-order chi connectivity index (χ1) is 15.2. The molecule has 1 heterocycles. The van der Waals surface area contributed by atoms with Crippen molar-refractivity contribution in [2.24, 2.45) is 0 Å². The van der Waals surface area contributed by atoms with Crippen LogP contribution in [0.25, 0.3) is 0 Å². The Labute approximate surface area is 139 Å². The number of carbonyl (C=O) groups is 1. The normalized spacial score (nSPS) is 43.8. The van der Waals surface area contributed by atoms with E-state index in [0.29, 0.717) is 0 Å². The molecule has 0 spiro atoms. The third-order valence-electron chi connectivity index (χ3n) is 2.96. The highest BCUT2D eigenvalue weighted by atomic mass is 16.5. The lowest BCUT2D eigenvalue weighted by molar-refractivity contribution is -0.119. The number of benzene rings is 1. The minimum Gasteiger partial charge on any atom is -0.493 e. The average Bonchev–Trinajstić information content (AvgIpc) is 3.11. The van der Waals surface area contributed by atoms with Crippen LogP contribution in [0.4, 0.5) is 0 Å². The van der Waals surface area contributed by atoms with Crippen LogP contribution in [0.1, 0.15) is 62.6 Å². The van der Waals surface area contributed by atoms with E-state index in [9.17, 15) is 4.79 Å². The monoisotopic (exact) mass is 289 g/mol. The van der Waals surface area contributed by atoms with Gasteiger partial charge in [-0.25, -0.2) is 0 Å². The molecule has 1 aromatic carbocycles. The van der Waals surface area contributed by atoms with Crippen LogP contribution in [0, 0.1) is 0 Å². The van der Waals surface area contributed by atoms with Crippen molar-refractivity contribution in [2.45, 2.75) is 43.9 Å². The summed E-state index contributed by atoms with van der Waals surface area (Å²) in [6.07, 6.45) is -16.2. The fourth-order valence-corrected chi connectivity index (χ4v) is 1.98. The highest BCUT2D eigenvalue weighted by molar-refractivity contribution is 5.79. The van der Waals surface area contributed by atoms with Crippen LogP contribution in [0.15, 0.2) is 18.1 Å². The van der Waals surface area contributed by atoms with Gasteiger partial charge in [0.1, 0.15) is 0 Å². The quantitative estimate of drug-likeness (QED) is 0.927. The van der Waals surface area contributed by atoms with Crippen LogP contribution >= 0.6 is 0 Å². The van der Waals surface area contributed by atoms with Gasteiger partial charge in [-0.2, -0.15) is 0 Å². The molecular weight excluding hydrogens is 254 g/mol. The number of hydrogen-bond donors (Lipinski definition) is 1. The molecule has 1 saturated heterocycles. The SMILES string of the molecule is [2H]c1c([2H])c(C2CNC(=O)C2)c([2H])c(OC2C([2H])([2H])C([2H])([2H])C([2H])([2H])C2([2H])[2H])c1OC([2H])([2H])[2H]. The molecular formula is C16H21NO3. The number of hydrogen-bond acceptors (Lipinski definition) is 3. The maximum atomic E-state index is 11.7. The molecule has 4 heteroatoms. The maximum absolute atomic E-state index is 11.7. The predicted molar refractivity (Wildman–Crippen MR) is 76.2 cm³/mol. The molecule has 1 amide bonds. The summed E-state index contributed by atoms with van der Waals surface area (Å²) in [5.74, 6) is -3.19. The Balaban J connectivity index is 2.26. The Kier molecular flexibility index (Phi) is 1.33. The molecule has 0 aromatic heterocycles. The van der Waals surface area contributed by atoms with Gasteiger partial charge in [-0.1, -0.05) is 6.04 Å². The van der Waals surface area contributed by atoms with E-state index in [-0.39, 0.29) is 18.5 Å². The molecule has 4 nitrogen and oxygen atoms in total. The second kappa shape index (κ2) is 5.73. The fraction of sp³-hybridized carbons (Fsp3) is 0.562. The van der Waals surface area contributed by atoms with E-state index in [1.807, 2.05) is 0 Å². The van der Waals surface area contributed by atoms with Crippen LogP contribution < -0.4 is 14.8 Å². The van der Waals surface area contributed by atoms with E-state index in [1.165, 1.54) is 0 Å². The molecule has 1 unspecified atom stereocenters. The first kappa shape index (κ1) is 4.65. The lowest BCUT2D eigenvalue weighted by Crippen LogP contribution is -2.14. The molecule has 1 N–H and O–H groups in total. The van der Waals surface area contributed by atoms with Gasteiger partial charge in [-0.3, -0.25) is 4.79 Å². The number of amides is 1. The van der Waals surface area contributed by atoms with Crippen molar-refractivity contribution in [3.63, 3.8) is 0 Å². The van der Waals surface area contributed by atoms with Gasteiger partial charge in [0, 0.05) is 29.8 Å². The van der Waals surface area contributed by atoms with Gasteiger partial charge >= 0.3 is 0 Å². The smallest absolute Gasteiger partial charge is 0.220 e. The summed E-state index contributed by atoms with van der Waals surface area (Å²) in [4.78, 5) is 11.7. The van der Waals surface area contributed by atoms with Crippen LogP contribution in [0.3, 0.4) is 0 Å². The van der Waals surface area contributed by atoms with E-state index in [0.717, 1.165) is 0 Å². The van der Waals surface area contributed by atoms with E-state index >= 15 is 0 Å². The van der Waals surface area contributed by atoms with Crippen LogP contribution in [-0.4, -0.2) is 25.6 Å². The summed E-state index contributed by atoms with van der Waals surface area (Å²) < 4.78 is 121. The summed E-state index contributed by atoms with van der Waals surface area (Å²) in [5, 5.41) is 2.49. The van der Waals surface area contributed by atoms with Gasteiger partial charge in [0.15, 0.2) is 11.5 Å². The van der Waals surface area contributed by atoms with Gasteiger partial charge in [0.25, 0.3) is 0 Å². The minimum absolute atomic E-state index is 0.0227. The Bertz CT molecular complexity index is 995. The maximum Gasteiger partial charge on any atom is 0.220 e. The fourth-order valence-electron chi connectivity index (χ4n) is 1.98. The average molecular weight is 289 g/mol. The Hall–Kier alpha value is -1.71.